The molecule has 0 aliphatic carbocycles. The molecule has 0 aliphatic heterocycles. The number of carbonyl (C=O) groups is 1. The van der Waals surface area contributed by atoms with E-state index in [0.29, 0.717) is 12.5 Å². The van der Waals surface area contributed by atoms with Gasteiger partial charge in [-0.3, -0.25) is 4.79 Å². The summed E-state index contributed by atoms with van der Waals surface area (Å²) in [5.41, 5.74) is 9.41. The number of benzene rings is 1. The number of hydrogen-bond donors (Lipinski definition) is 2. The minimum Gasteiger partial charge on any atom is -0.351 e. The Balaban J connectivity index is 2.52. The van der Waals surface area contributed by atoms with Crippen LogP contribution in [0.15, 0.2) is 18.2 Å². The van der Waals surface area contributed by atoms with Gasteiger partial charge in [-0.1, -0.05) is 37.6 Å². The van der Waals surface area contributed by atoms with Crippen LogP contribution in [0, 0.1) is 19.8 Å². The molecular formula is C15H24N2O. The lowest BCUT2D eigenvalue weighted by atomic mass is 10.0. The van der Waals surface area contributed by atoms with Gasteiger partial charge in [0, 0.05) is 6.54 Å². The standard InChI is InChI=1S/C15H24N2O/c1-10(2)7-14(16)15(18)17-9-13-6-5-11(3)8-12(13)4/h5-6,8,10,14H,7,9,16H2,1-4H3,(H,17,18)/t14-/m0/s1. The topological polar surface area (TPSA) is 55.1 Å². The molecule has 0 fully saturated rings. The van der Waals surface area contributed by atoms with Crippen LogP contribution in [0.2, 0.25) is 0 Å². The van der Waals surface area contributed by atoms with Gasteiger partial charge in [0.05, 0.1) is 6.04 Å². The van der Waals surface area contributed by atoms with E-state index in [9.17, 15) is 4.79 Å². The van der Waals surface area contributed by atoms with Crippen LogP contribution < -0.4 is 11.1 Å². The molecule has 18 heavy (non-hydrogen) atoms. The second kappa shape index (κ2) is 6.55. The molecule has 0 spiro atoms. The molecule has 1 rings (SSSR count). The van der Waals surface area contributed by atoms with Crippen LogP contribution in [-0.2, 0) is 11.3 Å². The molecule has 3 N–H and O–H groups in total. The van der Waals surface area contributed by atoms with Crippen LogP contribution in [0.4, 0.5) is 0 Å². The maximum atomic E-state index is 11.8. The second-order valence-electron chi connectivity index (χ2n) is 5.38. The maximum absolute atomic E-state index is 11.8. The van der Waals surface area contributed by atoms with Gasteiger partial charge in [0.25, 0.3) is 0 Å². The predicted molar refractivity (Wildman–Crippen MR) is 75.2 cm³/mol. The zero-order valence-electron chi connectivity index (χ0n) is 11.8. The fraction of sp³-hybridized carbons (Fsp3) is 0.533. The summed E-state index contributed by atoms with van der Waals surface area (Å²) in [7, 11) is 0. The van der Waals surface area contributed by atoms with Crippen LogP contribution in [0.1, 0.15) is 37.0 Å². The number of amides is 1. The van der Waals surface area contributed by atoms with E-state index in [-0.39, 0.29) is 5.91 Å². The molecule has 1 aromatic rings. The lowest BCUT2D eigenvalue weighted by Gasteiger charge is -2.15. The van der Waals surface area contributed by atoms with E-state index in [0.717, 1.165) is 12.0 Å². The summed E-state index contributed by atoms with van der Waals surface area (Å²) in [4.78, 5) is 11.8. The number of carbonyl (C=O) groups excluding carboxylic acids is 1. The fourth-order valence-corrected chi connectivity index (χ4v) is 1.97. The quantitative estimate of drug-likeness (QED) is 0.840. The summed E-state index contributed by atoms with van der Waals surface area (Å²) in [6, 6.07) is 5.83. The summed E-state index contributed by atoms with van der Waals surface area (Å²) in [6.45, 7) is 8.81. The van der Waals surface area contributed by atoms with Gasteiger partial charge < -0.3 is 11.1 Å². The molecule has 0 aromatic heterocycles. The van der Waals surface area contributed by atoms with Crippen molar-refractivity contribution >= 4 is 5.91 Å². The van der Waals surface area contributed by atoms with Crippen molar-refractivity contribution in [2.24, 2.45) is 11.7 Å². The number of aryl methyl sites for hydroxylation is 2. The first-order chi connectivity index (χ1) is 8.40. The lowest BCUT2D eigenvalue weighted by Crippen LogP contribution is -2.41. The van der Waals surface area contributed by atoms with Crippen LogP contribution in [0.25, 0.3) is 0 Å². The molecule has 0 bridgehead atoms. The summed E-state index contributed by atoms with van der Waals surface area (Å²) >= 11 is 0. The fourth-order valence-electron chi connectivity index (χ4n) is 1.97. The summed E-state index contributed by atoms with van der Waals surface area (Å²) in [6.07, 6.45) is 0.721. The molecule has 0 saturated carbocycles. The minimum atomic E-state index is -0.407. The molecule has 1 amide bonds. The first-order valence-electron chi connectivity index (χ1n) is 6.49. The van der Waals surface area contributed by atoms with Gasteiger partial charge in [-0.25, -0.2) is 0 Å². The Morgan fingerprint density at radius 1 is 1.33 bits per heavy atom. The Bertz CT molecular complexity index is 413. The lowest BCUT2D eigenvalue weighted by molar-refractivity contribution is -0.122. The third-order valence-electron chi connectivity index (χ3n) is 3.01. The van der Waals surface area contributed by atoms with E-state index in [1.165, 1.54) is 11.1 Å². The number of rotatable bonds is 5. The largest absolute Gasteiger partial charge is 0.351 e. The molecule has 0 saturated heterocycles. The Morgan fingerprint density at radius 3 is 2.56 bits per heavy atom. The first kappa shape index (κ1) is 14.7. The first-order valence-corrected chi connectivity index (χ1v) is 6.49. The Kier molecular flexibility index (Phi) is 5.35. The smallest absolute Gasteiger partial charge is 0.237 e. The van der Waals surface area contributed by atoms with Crippen LogP contribution in [-0.4, -0.2) is 11.9 Å². The third kappa shape index (κ3) is 4.49. The van der Waals surface area contributed by atoms with Gasteiger partial charge in [-0.2, -0.15) is 0 Å². The van der Waals surface area contributed by atoms with Crippen molar-refractivity contribution in [1.29, 1.82) is 0 Å². The van der Waals surface area contributed by atoms with Gasteiger partial charge in [0.2, 0.25) is 5.91 Å². The van der Waals surface area contributed by atoms with Crippen molar-refractivity contribution in [3.63, 3.8) is 0 Å². The van der Waals surface area contributed by atoms with E-state index in [1.807, 2.05) is 0 Å². The van der Waals surface area contributed by atoms with Gasteiger partial charge in [0.15, 0.2) is 0 Å². The van der Waals surface area contributed by atoms with Crippen molar-refractivity contribution in [3.8, 4) is 0 Å². The van der Waals surface area contributed by atoms with Gasteiger partial charge >= 0.3 is 0 Å². The molecule has 0 radical (unpaired) electrons. The SMILES string of the molecule is Cc1ccc(CNC(=O)[C@@H](N)CC(C)C)c(C)c1. The normalized spacial score (nSPS) is 12.6. The molecule has 3 nitrogen and oxygen atoms in total. The van der Waals surface area contributed by atoms with E-state index >= 15 is 0 Å². The van der Waals surface area contributed by atoms with E-state index < -0.39 is 6.04 Å². The molecule has 0 heterocycles. The van der Waals surface area contributed by atoms with E-state index in [1.54, 1.807) is 0 Å². The molecule has 0 unspecified atom stereocenters. The van der Waals surface area contributed by atoms with Gasteiger partial charge in [-0.15, -0.1) is 0 Å². The van der Waals surface area contributed by atoms with Gasteiger partial charge in [-0.05, 0) is 37.3 Å². The monoisotopic (exact) mass is 248 g/mol. The van der Waals surface area contributed by atoms with E-state index in [2.05, 4.69) is 51.2 Å². The number of nitrogens with two attached hydrogens (primary N) is 1. The van der Waals surface area contributed by atoms with Crippen LogP contribution >= 0.6 is 0 Å². The van der Waals surface area contributed by atoms with Crippen LogP contribution in [0.3, 0.4) is 0 Å². The molecular weight excluding hydrogens is 224 g/mol. The Hall–Kier alpha value is -1.35. The predicted octanol–water partition coefficient (Wildman–Crippen LogP) is 2.29. The zero-order chi connectivity index (χ0) is 13.7. The summed E-state index contributed by atoms with van der Waals surface area (Å²) in [5.74, 6) is 0.371. The minimum absolute atomic E-state index is 0.0660. The van der Waals surface area contributed by atoms with Crippen molar-refractivity contribution in [2.45, 2.75) is 46.7 Å². The van der Waals surface area contributed by atoms with Crippen molar-refractivity contribution in [3.05, 3.63) is 34.9 Å². The zero-order valence-corrected chi connectivity index (χ0v) is 11.8. The number of hydrogen-bond acceptors (Lipinski definition) is 2. The second-order valence-corrected chi connectivity index (χ2v) is 5.38. The van der Waals surface area contributed by atoms with Crippen LogP contribution in [0.5, 0.6) is 0 Å². The Morgan fingerprint density at radius 2 is 2.00 bits per heavy atom. The highest BCUT2D eigenvalue weighted by molar-refractivity contribution is 5.81. The third-order valence-corrected chi connectivity index (χ3v) is 3.01. The Labute approximate surface area is 110 Å². The molecule has 100 valence electrons. The summed E-state index contributed by atoms with van der Waals surface area (Å²) < 4.78 is 0. The van der Waals surface area contributed by atoms with Crippen molar-refractivity contribution in [2.75, 3.05) is 0 Å². The maximum Gasteiger partial charge on any atom is 0.237 e. The highest BCUT2D eigenvalue weighted by Gasteiger charge is 2.14. The average molecular weight is 248 g/mol. The van der Waals surface area contributed by atoms with Crippen molar-refractivity contribution < 1.29 is 4.79 Å². The number of nitrogens with one attached hydrogen (secondary N) is 1. The van der Waals surface area contributed by atoms with Gasteiger partial charge in [0.1, 0.15) is 0 Å². The highest BCUT2D eigenvalue weighted by atomic mass is 16.2. The summed E-state index contributed by atoms with van der Waals surface area (Å²) in [5, 5.41) is 2.90. The van der Waals surface area contributed by atoms with E-state index in [4.69, 9.17) is 5.73 Å². The van der Waals surface area contributed by atoms with Crippen molar-refractivity contribution in [1.82, 2.24) is 5.32 Å². The average Bonchev–Trinajstić information content (AvgIpc) is 2.26. The molecule has 1 aromatic carbocycles. The highest BCUT2D eigenvalue weighted by Crippen LogP contribution is 2.10. The molecule has 3 heteroatoms. The molecule has 1 atom stereocenters. The molecule has 0 aliphatic rings.